The quantitative estimate of drug-likeness (QED) is 0.260. The van der Waals surface area contributed by atoms with Gasteiger partial charge in [0.25, 0.3) is 0 Å². The summed E-state index contributed by atoms with van der Waals surface area (Å²) >= 11 is 0.904. The Bertz CT molecular complexity index is 1570. The molecule has 0 atom stereocenters. The number of aryl methyl sites for hydroxylation is 2. The topological polar surface area (TPSA) is 74.1 Å². The Hall–Kier alpha value is -3.37. The number of aromatic nitrogens is 3. The number of ketones is 1. The van der Waals surface area contributed by atoms with Crippen molar-refractivity contribution in [2.24, 2.45) is 5.92 Å². The summed E-state index contributed by atoms with van der Waals surface area (Å²) in [5.41, 5.74) is 1.79. The lowest BCUT2D eigenvalue weighted by molar-refractivity contribution is -0.140. The molecule has 0 saturated carbocycles. The number of thiazole rings is 1. The predicted octanol–water partition coefficient (Wildman–Crippen LogP) is 6.53. The second-order valence-electron chi connectivity index (χ2n) is 9.60. The Morgan fingerprint density at radius 2 is 1.95 bits per heavy atom. The lowest BCUT2D eigenvalue weighted by Gasteiger charge is -2.23. The molecule has 0 radical (unpaired) electrons. The molecule has 3 aromatic heterocycles. The van der Waals surface area contributed by atoms with Gasteiger partial charge in [0, 0.05) is 59.7 Å². The molecular formula is C28H26F3N3O3S. The van der Waals surface area contributed by atoms with Gasteiger partial charge in [0.05, 0.1) is 11.1 Å². The van der Waals surface area contributed by atoms with Crippen LogP contribution in [0, 0.1) is 12.8 Å². The van der Waals surface area contributed by atoms with Crippen LogP contribution in [0.25, 0.3) is 32.6 Å². The van der Waals surface area contributed by atoms with Crippen molar-refractivity contribution in [2.75, 3.05) is 13.2 Å². The smallest absolute Gasteiger partial charge is 0.381 e. The zero-order chi connectivity index (χ0) is 27.0. The van der Waals surface area contributed by atoms with Crippen molar-refractivity contribution in [1.29, 1.82) is 0 Å². The number of nitrogens with zero attached hydrogens (tertiary/aromatic N) is 3. The molecule has 0 spiro atoms. The highest BCUT2D eigenvalue weighted by Gasteiger charge is 2.34. The van der Waals surface area contributed by atoms with Gasteiger partial charge in [0.1, 0.15) is 5.01 Å². The van der Waals surface area contributed by atoms with Crippen LogP contribution in [0.2, 0.25) is 0 Å². The van der Waals surface area contributed by atoms with Gasteiger partial charge in [0.15, 0.2) is 16.9 Å². The van der Waals surface area contributed by atoms with E-state index in [0.717, 1.165) is 49.2 Å². The minimum atomic E-state index is -4.54. The Morgan fingerprint density at radius 3 is 2.63 bits per heavy atom. The number of ether oxygens (including phenoxy) is 1. The average Bonchev–Trinajstić information content (AvgIpc) is 3.40. The second-order valence-corrected chi connectivity index (χ2v) is 10.5. The fourth-order valence-electron chi connectivity index (χ4n) is 4.85. The summed E-state index contributed by atoms with van der Waals surface area (Å²) in [6.45, 7) is 5.26. The Balaban J connectivity index is 1.60. The predicted molar refractivity (Wildman–Crippen MR) is 140 cm³/mol. The van der Waals surface area contributed by atoms with E-state index in [1.54, 1.807) is 31.5 Å². The monoisotopic (exact) mass is 541 g/mol. The fourth-order valence-corrected chi connectivity index (χ4v) is 5.71. The van der Waals surface area contributed by atoms with Crippen LogP contribution >= 0.6 is 11.3 Å². The molecule has 4 heterocycles. The Kier molecular flexibility index (Phi) is 7.19. The molecule has 6 nitrogen and oxygen atoms in total. The zero-order valence-corrected chi connectivity index (χ0v) is 21.8. The van der Waals surface area contributed by atoms with Crippen LogP contribution in [0.4, 0.5) is 13.2 Å². The van der Waals surface area contributed by atoms with E-state index in [0.29, 0.717) is 45.7 Å². The molecular weight excluding hydrogens is 515 g/mol. The molecule has 1 aliphatic heterocycles. The summed E-state index contributed by atoms with van der Waals surface area (Å²) in [6.07, 6.45) is 1.55. The van der Waals surface area contributed by atoms with E-state index in [9.17, 15) is 22.8 Å². The number of hydrogen-bond donors (Lipinski definition) is 0. The number of carbonyl (C=O) groups excluding carboxylic acids is 1. The van der Waals surface area contributed by atoms with Crippen LogP contribution in [0.3, 0.4) is 0 Å². The SMILES string of the molecule is CC(=O)c1cn(CCC2CCOCC2)c2ccc(-c3cnc(C)cc3-c3nc(C(F)(F)F)cs3)cc2c1=O. The van der Waals surface area contributed by atoms with Gasteiger partial charge in [-0.2, -0.15) is 13.2 Å². The third-order valence-corrected chi connectivity index (χ3v) is 7.83. The van der Waals surface area contributed by atoms with Crippen molar-refractivity contribution in [1.82, 2.24) is 14.5 Å². The summed E-state index contributed by atoms with van der Waals surface area (Å²) in [6, 6.07) is 7.04. The number of carbonyl (C=O) groups is 1. The number of benzene rings is 1. The van der Waals surface area contributed by atoms with Crippen LogP contribution in [-0.2, 0) is 17.5 Å². The van der Waals surface area contributed by atoms with Crippen molar-refractivity contribution >= 4 is 28.0 Å². The number of rotatable bonds is 6. The van der Waals surface area contributed by atoms with E-state index in [4.69, 9.17) is 4.74 Å². The van der Waals surface area contributed by atoms with Crippen molar-refractivity contribution in [2.45, 2.75) is 45.8 Å². The van der Waals surface area contributed by atoms with Gasteiger partial charge in [0.2, 0.25) is 0 Å². The van der Waals surface area contributed by atoms with Gasteiger partial charge < -0.3 is 9.30 Å². The summed E-state index contributed by atoms with van der Waals surface area (Å²) in [5, 5.41) is 1.58. The summed E-state index contributed by atoms with van der Waals surface area (Å²) in [4.78, 5) is 33.9. The maximum atomic E-state index is 13.3. The first kappa shape index (κ1) is 26.2. The molecule has 1 aromatic carbocycles. The van der Waals surface area contributed by atoms with Crippen LogP contribution in [0.5, 0.6) is 0 Å². The van der Waals surface area contributed by atoms with Crippen molar-refractivity contribution in [3.8, 4) is 21.7 Å². The molecule has 10 heteroatoms. The van der Waals surface area contributed by atoms with E-state index < -0.39 is 11.9 Å². The molecule has 5 rings (SSSR count). The fraction of sp³-hybridized carbons (Fsp3) is 0.357. The van der Waals surface area contributed by atoms with Gasteiger partial charge in [-0.25, -0.2) is 4.98 Å². The summed E-state index contributed by atoms with van der Waals surface area (Å²) < 4.78 is 47.1. The molecule has 4 aromatic rings. The van der Waals surface area contributed by atoms with E-state index >= 15 is 0 Å². The standard InChI is InChI=1S/C28H26F3N3O3S/c1-16-11-20(27-33-25(15-38-27)28(29,30)31)22(13-32-16)19-3-4-24-21(12-19)26(36)23(17(2)35)14-34(24)8-5-18-6-9-37-10-7-18/h3-4,11-15,18H,5-10H2,1-2H3. The van der Waals surface area contributed by atoms with Gasteiger partial charge in [-0.1, -0.05) is 6.07 Å². The normalized spacial score (nSPS) is 14.8. The van der Waals surface area contributed by atoms with Gasteiger partial charge in [-0.15, -0.1) is 11.3 Å². The number of fused-ring (bicyclic) bond motifs is 1. The molecule has 38 heavy (non-hydrogen) atoms. The Labute approximate surface area is 221 Å². The first-order chi connectivity index (χ1) is 18.1. The molecule has 0 amide bonds. The van der Waals surface area contributed by atoms with Crippen molar-refractivity contribution < 1.29 is 22.7 Å². The van der Waals surface area contributed by atoms with Crippen molar-refractivity contribution in [3.63, 3.8) is 0 Å². The number of halogens is 3. The minimum Gasteiger partial charge on any atom is -0.381 e. The highest BCUT2D eigenvalue weighted by Crippen LogP contribution is 2.38. The van der Waals surface area contributed by atoms with Crippen molar-refractivity contribution in [3.05, 3.63) is 69.2 Å². The molecule has 0 N–H and O–H groups in total. The van der Waals surface area contributed by atoms with Crippen LogP contribution in [0.15, 0.2) is 46.8 Å². The zero-order valence-electron chi connectivity index (χ0n) is 21.0. The lowest BCUT2D eigenvalue weighted by Crippen LogP contribution is -2.20. The first-order valence-corrected chi connectivity index (χ1v) is 13.3. The third-order valence-electron chi connectivity index (χ3n) is 6.96. The molecule has 1 fully saturated rings. The summed E-state index contributed by atoms with van der Waals surface area (Å²) in [7, 11) is 0. The number of alkyl halides is 3. The maximum absolute atomic E-state index is 13.3. The highest BCUT2D eigenvalue weighted by atomic mass is 32.1. The van der Waals surface area contributed by atoms with E-state index in [-0.39, 0.29) is 21.8 Å². The number of pyridine rings is 2. The molecule has 0 bridgehead atoms. The highest BCUT2D eigenvalue weighted by molar-refractivity contribution is 7.13. The lowest BCUT2D eigenvalue weighted by atomic mass is 9.96. The van der Waals surface area contributed by atoms with E-state index in [2.05, 4.69) is 9.97 Å². The number of Topliss-reactive ketones (excluding diaryl/α,β-unsaturated/α-hetero) is 1. The van der Waals surface area contributed by atoms with E-state index in [1.165, 1.54) is 6.92 Å². The maximum Gasteiger partial charge on any atom is 0.434 e. The minimum absolute atomic E-state index is 0.110. The first-order valence-electron chi connectivity index (χ1n) is 12.4. The average molecular weight is 542 g/mol. The second kappa shape index (κ2) is 10.4. The molecule has 0 unspecified atom stereocenters. The van der Waals surface area contributed by atoms with Crippen LogP contribution < -0.4 is 5.43 Å². The van der Waals surface area contributed by atoms with Gasteiger partial charge in [-0.3, -0.25) is 14.6 Å². The molecule has 1 aliphatic rings. The van der Waals surface area contributed by atoms with Crippen LogP contribution in [0.1, 0.15) is 47.9 Å². The summed E-state index contributed by atoms with van der Waals surface area (Å²) in [5.74, 6) is 0.196. The number of hydrogen-bond acceptors (Lipinski definition) is 6. The molecule has 1 saturated heterocycles. The largest absolute Gasteiger partial charge is 0.434 e. The van der Waals surface area contributed by atoms with Crippen LogP contribution in [-0.4, -0.2) is 33.5 Å². The van der Waals surface area contributed by atoms with Gasteiger partial charge >= 0.3 is 6.18 Å². The van der Waals surface area contributed by atoms with E-state index in [1.807, 2.05) is 16.7 Å². The molecule has 198 valence electrons. The molecule has 0 aliphatic carbocycles. The third kappa shape index (κ3) is 5.28. The Morgan fingerprint density at radius 1 is 1.18 bits per heavy atom. The van der Waals surface area contributed by atoms with Gasteiger partial charge in [-0.05, 0) is 62.8 Å².